The van der Waals surface area contributed by atoms with Gasteiger partial charge in [0.2, 0.25) is 0 Å². The maximum absolute atomic E-state index is 12.5. The van der Waals surface area contributed by atoms with E-state index in [0.717, 1.165) is 17.5 Å². The maximum atomic E-state index is 12.5. The van der Waals surface area contributed by atoms with E-state index in [4.69, 9.17) is 0 Å². The summed E-state index contributed by atoms with van der Waals surface area (Å²) in [4.78, 5) is 13.7. The van der Waals surface area contributed by atoms with Gasteiger partial charge < -0.3 is 0 Å². The van der Waals surface area contributed by atoms with Crippen LogP contribution in [0.25, 0.3) is 6.08 Å². The maximum Gasteiger partial charge on any atom is 0.185 e. The molecule has 0 aromatic heterocycles. The van der Waals surface area contributed by atoms with Crippen molar-refractivity contribution in [3.05, 3.63) is 71.3 Å². The van der Waals surface area contributed by atoms with Crippen LogP contribution in [0.5, 0.6) is 0 Å². The third-order valence-corrected chi connectivity index (χ3v) is 7.84. The summed E-state index contributed by atoms with van der Waals surface area (Å²) in [6.45, 7) is 2.29. The average molecular weight is 507 g/mol. The highest BCUT2D eigenvalue weighted by molar-refractivity contribution is 7.98. The topological polar surface area (TPSA) is 17.1 Å². The zero-order chi connectivity index (χ0) is 25.7. The van der Waals surface area contributed by atoms with Crippen molar-refractivity contribution in [2.75, 3.05) is 6.26 Å². The lowest BCUT2D eigenvalue weighted by molar-refractivity contribution is 0.104. The number of carbonyl (C=O) groups is 1. The zero-order valence-corrected chi connectivity index (χ0v) is 23.9. The molecule has 0 N–H and O–H groups in total. The first-order valence-electron chi connectivity index (χ1n) is 14.7. The van der Waals surface area contributed by atoms with Gasteiger partial charge in [0.05, 0.1) is 0 Å². The smallest absolute Gasteiger partial charge is 0.185 e. The predicted molar refractivity (Wildman–Crippen MR) is 161 cm³/mol. The number of thioether (sulfide) groups is 1. The summed E-state index contributed by atoms with van der Waals surface area (Å²) in [5, 5.41) is 0. The highest BCUT2D eigenvalue weighted by Gasteiger charge is 2.02. The molecule has 2 aromatic carbocycles. The standard InChI is InChI=1S/C34H50OS/c1-3-4-5-6-7-8-9-10-11-12-13-14-15-16-17-18-19-30-20-25-32(26-21-30)34(35)29-24-31-22-27-33(36-2)28-23-31/h20-29H,3-19H2,1-2H3. The minimum absolute atomic E-state index is 0.0675. The molecule has 0 aliphatic rings. The van der Waals surface area contributed by atoms with Crippen LogP contribution < -0.4 is 0 Å². The zero-order valence-electron chi connectivity index (χ0n) is 23.1. The molecular formula is C34H50OS. The van der Waals surface area contributed by atoms with Gasteiger partial charge in [-0.2, -0.15) is 0 Å². The molecular weight excluding hydrogens is 456 g/mol. The summed E-state index contributed by atoms with van der Waals surface area (Å²) >= 11 is 1.73. The van der Waals surface area contributed by atoms with Crippen LogP contribution in [-0.2, 0) is 6.42 Å². The van der Waals surface area contributed by atoms with Crippen molar-refractivity contribution in [3.8, 4) is 0 Å². The van der Waals surface area contributed by atoms with E-state index in [9.17, 15) is 4.79 Å². The molecule has 36 heavy (non-hydrogen) atoms. The summed E-state index contributed by atoms with van der Waals surface area (Å²) in [7, 11) is 0. The Morgan fingerprint density at radius 1 is 0.639 bits per heavy atom. The molecule has 2 aromatic rings. The fraction of sp³-hybridized carbons (Fsp3) is 0.559. The summed E-state index contributed by atoms with van der Waals surface area (Å²) in [5.41, 5.74) is 3.16. The van der Waals surface area contributed by atoms with Crippen LogP contribution in [0.15, 0.2) is 59.5 Å². The van der Waals surface area contributed by atoms with E-state index in [0.29, 0.717) is 0 Å². The molecule has 0 unspecified atom stereocenters. The lowest BCUT2D eigenvalue weighted by Crippen LogP contribution is -1.95. The SMILES string of the molecule is CCCCCCCCCCCCCCCCCCc1ccc(C(=O)C=Cc2ccc(SC)cc2)cc1. The minimum atomic E-state index is 0.0675. The van der Waals surface area contributed by atoms with Gasteiger partial charge in [0.15, 0.2) is 5.78 Å². The van der Waals surface area contributed by atoms with Gasteiger partial charge in [0.25, 0.3) is 0 Å². The van der Waals surface area contributed by atoms with Crippen LogP contribution in [0, 0.1) is 0 Å². The van der Waals surface area contributed by atoms with Crippen LogP contribution in [0.3, 0.4) is 0 Å². The largest absolute Gasteiger partial charge is 0.289 e. The highest BCUT2D eigenvalue weighted by atomic mass is 32.2. The van der Waals surface area contributed by atoms with Crippen LogP contribution >= 0.6 is 11.8 Å². The second-order valence-corrected chi connectivity index (χ2v) is 11.1. The highest BCUT2D eigenvalue weighted by Crippen LogP contribution is 2.17. The third kappa shape index (κ3) is 14.1. The summed E-state index contributed by atoms with van der Waals surface area (Å²) in [5.74, 6) is 0.0675. The van der Waals surface area contributed by atoms with Gasteiger partial charge in [-0.15, -0.1) is 11.8 Å². The Labute approximate surface area is 226 Å². The van der Waals surface area contributed by atoms with Gasteiger partial charge in [-0.1, -0.05) is 146 Å². The van der Waals surface area contributed by atoms with Crippen molar-refractivity contribution in [1.29, 1.82) is 0 Å². The van der Waals surface area contributed by atoms with Gasteiger partial charge in [-0.25, -0.2) is 0 Å². The molecule has 0 aliphatic heterocycles. The molecule has 0 amide bonds. The Morgan fingerprint density at radius 2 is 1.11 bits per heavy atom. The molecule has 0 radical (unpaired) electrons. The van der Waals surface area contributed by atoms with Crippen molar-refractivity contribution in [2.24, 2.45) is 0 Å². The van der Waals surface area contributed by atoms with Crippen LogP contribution in [-0.4, -0.2) is 12.0 Å². The van der Waals surface area contributed by atoms with E-state index in [1.807, 2.05) is 18.2 Å². The summed E-state index contributed by atoms with van der Waals surface area (Å²) in [6.07, 6.45) is 29.2. The fourth-order valence-electron chi connectivity index (χ4n) is 4.70. The van der Waals surface area contributed by atoms with Gasteiger partial charge in [-0.3, -0.25) is 4.79 Å². The number of hydrogen-bond acceptors (Lipinski definition) is 2. The first-order chi connectivity index (χ1) is 17.7. The monoisotopic (exact) mass is 506 g/mol. The number of benzene rings is 2. The molecule has 2 heteroatoms. The third-order valence-electron chi connectivity index (χ3n) is 7.10. The van der Waals surface area contributed by atoms with Crippen LogP contribution in [0.4, 0.5) is 0 Å². The Hall–Kier alpha value is -1.80. The number of hydrogen-bond donors (Lipinski definition) is 0. The molecule has 0 aliphatic carbocycles. The molecule has 0 bridgehead atoms. The molecule has 0 fully saturated rings. The van der Waals surface area contributed by atoms with E-state index >= 15 is 0 Å². The summed E-state index contributed by atoms with van der Waals surface area (Å²) < 4.78 is 0. The first-order valence-corrected chi connectivity index (χ1v) is 15.9. The predicted octanol–water partition coefficient (Wildman–Crippen LogP) is 11.1. The lowest BCUT2D eigenvalue weighted by Gasteiger charge is -2.04. The van der Waals surface area contributed by atoms with Crippen LogP contribution in [0.2, 0.25) is 0 Å². The molecule has 0 saturated carbocycles. The number of ketones is 1. The van der Waals surface area contributed by atoms with Crippen molar-refractivity contribution >= 4 is 23.6 Å². The van der Waals surface area contributed by atoms with E-state index in [1.54, 1.807) is 17.8 Å². The van der Waals surface area contributed by atoms with Crippen molar-refractivity contribution in [2.45, 2.75) is 121 Å². The van der Waals surface area contributed by atoms with Gasteiger partial charge in [0.1, 0.15) is 0 Å². The Balaban J connectivity index is 1.46. The van der Waals surface area contributed by atoms with Crippen molar-refractivity contribution in [1.82, 2.24) is 0 Å². The van der Waals surface area contributed by atoms with E-state index in [1.165, 1.54) is 113 Å². The van der Waals surface area contributed by atoms with Crippen molar-refractivity contribution < 1.29 is 4.79 Å². The second-order valence-electron chi connectivity index (χ2n) is 10.2. The minimum Gasteiger partial charge on any atom is -0.289 e. The molecule has 0 atom stereocenters. The fourth-order valence-corrected chi connectivity index (χ4v) is 5.10. The summed E-state index contributed by atoms with van der Waals surface area (Å²) in [6, 6.07) is 16.5. The molecule has 1 nitrogen and oxygen atoms in total. The lowest BCUT2D eigenvalue weighted by atomic mass is 10.0. The molecule has 0 saturated heterocycles. The molecule has 0 heterocycles. The molecule has 0 spiro atoms. The van der Waals surface area contributed by atoms with E-state index < -0.39 is 0 Å². The van der Waals surface area contributed by atoms with Crippen LogP contribution in [0.1, 0.15) is 131 Å². The van der Waals surface area contributed by atoms with Gasteiger partial charge in [-0.05, 0) is 48.4 Å². The Bertz CT molecular complexity index is 834. The number of carbonyl (C=O) groups excluding carboxylic acids is 1. The number of unbranched alkanes of at least 4 members (excludes halogenated alkanes) is 15. The number of rotatable bonds is 21. The number of allylic oxidation sites excluding steroid dienone is 1. The Kier molecular flexibility index (Phi) is 17.1. The van der Waals surface area contributed by atoms with E-state index in [2.05, 4.69) is 49.6 Å². The van der Waals surface area contributed by atoms with Gasteiger partial charge in [0, 0.05) is 10.5 Å². The normalized spacial score (nSPS) is 11.4. The van der Waals surface area contributed by atoms with Crippen molar-refractivity contribution in [3.63, 3.8) is 0 Å². The first kappa shape index (κ1) is 30.4. The van der Waals surface area contributed by atoms with E-state index in [-0.39, 0.29) is 5.78 Å². The van der Waals surface area contributed by atoms with Gasteiger partial charge >= 0.3 is 0 Å². The second kappa shape index (κ2) is 20.3. The average Bonchev–Trinajstić information content (AvgIpc) is 2.92. The molecule has 198 valence electrons. The quantitative estimate of drug-likeness (QED) is 0.0724. The Morgan fingerprint density at radius 3 is 1.58 bits per heavy atom. The number of aryl methyl sites for hydroxylation is 1. The molecule has 2 rings (SSSR count).